The summed E-state index contributed by atoms with van der Waals surface area (Å²) in [4.78, 5) is 0. The molecule has 1 aromatic carbocycles. The molecule has 0 unspecified atom stereocenters. The van der Waals surface area contributed by atoms with E-state index in [1.54, 1.807) is 19.1 Å². The first-order valence-corrected chi connectivity index (χ1v) is 8.49. The Bertz CT molecular complexity index is 873. The van der Waals surface area contributed by atoms with E-state index in [-0.39, 0.29) is 29.8 Å². The molecule has 0 spiro atoms. The molecule has 6 nitrogen and oxygen atoms in total. The molecule has 0 saturated carbocycles. The second-order valence-electron chi connectivity index (χ2n) is 6.11. The van der Waals surface area contributed by atoms with E-state index in [4.69, 9.17) is 14.3 Å². The number of aliphatic hydroxyl groups is 1. The van der Waals surface area contributed by atoms with Crippen molar-refractivity contribution in [3.63, 3.8) is 0 Å². The predicted octanol–water partition coefficient (Wildman–Crippen LogP) is 4.32. The first kappa shape index (κ1) is 21.5. The van der Waals surface area contributed by atoms with Crippen LogP contribution in [0.2, 0.25) is 0 Å². The number of hydrogen-bond acceptors (Lipinski definition) is 6. The van der Waals surface area contributed by atoms with Gasteiger partial charge in [0.05, 0.1) is 12.7 Å². The van der Waals surface area contributed by atoms with Crippen LogP contribution in [-0.2, 0) is 6.18 Å². The lowest BCUT2D eigenvalue weighted by atomic mass is 9.95. The topological polar surface area (TPSA) is 80.4 Å². The normalized spacial score (nSPS) is 12.2. The van der Waals surface area contributed by atoms with Crippen molar-refractivity contribution in [3.05, 3.63) is 47.4 Å². The number of rotatable bonds is 8. The Morgan fingerprint density at radius 1 is 1.36 bits per heavy atom. The number of nitrogens with zero attached hydrogens (tertiary/aromatic N) is 2. The number of alkyl halides is 3. The van der Waals surface area contributed by atoms with Crippen molar-refractivity contribution >= 4 is 17.2 Å². The lowest BCUT2D eigenvalue weighted by Gasteiger charge is -2.16. The molecule has 0 bridgehead atoms. The molecule has 0 radical (unpaired) electrons. The van der Waals surface area contributed by atoms with Crippen molar-refractivity contribution < 1.29 is 27.4 Å². The third-order valence-electron chi connectivity index (χ3n) is 4.05. The van der Waals surface area contributed by atoms with Crippen molar-refractivity contribution in [1.29, 1.82) is 0 Å². The van der Waals surface area contributed by atoms with Crippen LogP contribution in [0.25, 0.3) is 11.1 Å². The number of nitrogens with one attached hydrogen (secondary N) is 1. The van der Waals surface area contributed by atoms with E-state index in [0.29, 0.717) is 29.7 Å². The summed E-state index contributed by atoms with van der Waals surface area (Å²) in [6.07, 6.45) is -2.40. The summed E-state index contributed by atoms with van der Waals surface area (Å²) in [5, 5.41) is 19.3. The van der Waals surface area contributed by atoms with E-state index in [2.05, 4.69) is 22.1 Å². The molecule has 0 fully saturated rings. The average Bonchev–Trinajstić information content (AvgIpc) is 3.10. The quantitative estimate of drug-likeness (QED) is 0.510. The monoisotopic (exact) mass is 397 g/mol. The summed E-state index contributed by atoms with van der Waals surface area (Å²) in [5.74, 6) is 0.252. The second-order valence-corrected chi connectivity index (χ2v) is 6.11. The molecular formula is C19H22F3N3O3. The molecule has 0 aliphatic heterocycles. The van der Waals surface area contributed by atoms with Crippen molar-refractivity contribution in [1.82, 2.24) is 10.2 Å². The standard InChI is InChI=1S/C19H22F3N3O3/c1-11(8-12(2)17-24-25-18(28-17)23-6-5-7-26)15-9-14(27-4)10-16(13(15)3)19(20,21)22/h8-10,26H,2,5-7H2,1,3-4H3,(H,23,25)/b11-8-. The predicted molar refractivity (Wildman–Crippen MR) is 99.9 cm³/mol. The number of ether oxygens (including phenoxy) is 1. The largest absolute Gasteiger partial charge is 0.497 e. The van der Waals surface area contributed by atoms with Gasteiger partial charge < -0.3 is 19.6 Å². The van der Waals surface area contributed by atoms with Crippen LogP contribution in [0.15, 0.2) is 29.2 Å². The first-order valence-electron chi connectivity index (χ1n) is 8.49. The average molecular weight is 397 g/mol. The smallest absolute Gasteiger partial charge is 0.416 e. The summed E-state index contributed by atoms with van der Waals surface area (Å²) in [6.45, 7) is 7.42. The Labute approximate surface area is 160 Å². The first-order chi connectivity index (χ1) is 13.2. The third-order valence-corrected chi connectivity index (χ3v) is 4.05. The fourth-order valence-electron chi connectivity index (χ4n) is 2.61. The van der Waals surface area contributed by atoms with Crippen LogP contribution in [0, 0.1) is 6.92 Å². The second kappa shape index (κ2) is 8.92. The molecule has 152 valence electrons. The van der Waals surface area contributed by atoms with Crippen LogP contribution >= 0.6 is 0 Å². The Balaban J connectivity index is 2.31. The number of halogens is 3. The Morgan fingerprint density at radius 2 is 2.07 bits per heavy atom. The van der Waals surface area contributed by atoms with E-state index >= 15 is 0 Å². The van der Waals surface area contributed by atoms with E-state index in [0.717, 1.165) is 6.07 Å². The van der Waals surface area contributed by atoms with Crippen LogP contribution in [0.4, 0.5) is 19.2 Å². The van der Waals surface area contributed by atoms with Gasteiger partial charge in [-0.3, -0.25) is 0 Å². The molecule has 2 rings (SSSR count). The molecule has 0 aliphatic rings. The van der Waals surface area contributed by atoms with Gasteiger partial charge in [-0.2, -0.15) is 13.2 Å². The van der Waals surface area contributed by atoms with Gasteiger partial charge in [0, 0.05) is 18.7 Å². The highest BCUT2D eigenvalue weighted by molar-refractivity contribution is 5.81. The summed E-state index contributed by atoms with van der Waals surface area (Å²) >= 11 is 0. The van der Waals surface area contributed by atoms with Gasteiger partial charge in [0.25, 0.3) is 0 Å². The number of aliphatic hydroxyl groups excluding tert-OH is 1. The van der Waals surface area contributed by atoms with Crippen molar-refractivity contribution in [2.24, 2.45) is 0 Å². The number of anilines is 1. The van der Waals surface area contributed by atoms with E-state index in [1.807, 2.05) is 0 Å². The minimum Gasteiger partial charge on any atom is -0.497 e. The maximum absolute atomic E-state index is 13.3. The van der Waals surface area contributed by atoms with E-state index in [1.165, 1.54) is 14.0 Å². The lowest BCUT2D eigenvalue weighted by molar-refractivity contribution is -0.138. The van der Waals surface area contributed by atoms with Gasteiger partial charge in [0.1, 0.15) is 5.75 Å². The number of allylic oxidation sites excluding steroid dienone is 3. The summed E-state index contributed by atoms with van der Waals surface area (Å²) < 4.78 is 50.4. The summed E-state index contributed by atoms with van der Waals surface area (Å²) in [7, 11) is 1.32. The number of hydrogen-bond donors (Lipinski definition) is 2. The van der Waals surface area contributed by atoms with Gasteiger partial charge in [-0.1, -0.05) is 11.7 Å². The molecule has 0 saturated heterocycles. The zero-order valence-corrected chi connectivity index (χ0v) is 15.9. The van der Waals surface area contributed by atoms with Crippen molar-refractivity contribution in [3.8, 4) is 5.75 Å². The molecule has 2 aromatic rings. The van der Waals surface area contributed by atoms with Gasteiger partial charge in [0.15, 0.2) is 0 Å². The highest BCUT2D eigenvalue weighted by Gasteiger charge is 2.34. The summed E-state index contributed by atoms with van der Waals surface area (Å²) in [5.41, 5.74) is 0.615. The van der Waals surface area contributed by atoms with Gasteiger partial charge in [-0.15, -0.1) is 5.10 Å². The number of benzene rings is 1. The van der Waals surface area contributed by atoms with Crippen LogP contribution in [0.1, 0.15) is 35.9 Å². The highest BCUT2D eigenvalue weighted by Crippen LogP contribution is 2.38. The zero-order chi connectivity index (χ0) is 20.9. The number of methoxy groups -OCH3 is 1. The maximum Gasteiger partial charge on any atom is 0.416 e. The van der Waals surface area contributed by atoms with E-state index < -0.39 is 11.7 Å². The van der Waals surface area contributed by atoms with Crippen molar-refractivity contribution in [2.45, 2.75) is 26.4 Å². The van der Waals surface area contributed by atoms with Crippen LogP contribution in [0.5, 0.6) is 5.75 Å². The molecule has 0 aliphatic carbocycles. The fraction of sp³-hybridized carbons (Fsp3) is 0.368. The molecule has 1 aromatic heterocycles. The summed E-state index contributed by atoms with van der Waals surface area (Å²) in [6, 6.07) is 2.69. The zero-order valence-electron chi connectivity index (χ0n) is 15.9. The lowest BCUT2D eigenvalue weighted by Crippen LogP contribution is -2.09. The van der Waals surface area contributed by atoms with Crippen LogP contribution in [0.3, 0.4) is 0 Å². The van der Waals surface area contributed by atoms with E-state index in [9.17, 15) is 13.2 Å². The minimum atomic E-state index is -4.49. The fourth-order valence-corrected chi connectivity index (χ4v) is 2.61. The van der Waals surface area contributed by atoms with Gasteiger partial charge in [0.2, 0.25) is 5.89 Å². The Hall–Kier alpha value is -2.81. The van der Waals surface area contributed by atoms with Crippen LogP contribution in [-0.4, -0.2) is 35.6 Å². The Kier molecular flexibility index (Phi) is 6.85. The molecule has 28 heavy (non-hydrogen) atoms. The van der Waals surface area contributed by atoms with Crippen LogP contribution < -0.4 is 10.1 Å². The van der Waals surface area contributed by atoms with Gasteiger partial charge in [-0.05, 0) is 55.2 Å². The maximum atomic E-state index is 13.3. The van der Waals surface area contributed by atoms with Gasteiger partial charge in [-0.25, -0.2) is 0 Å². The molecular weight excluding hydrogens is 375 g/mol. The molecule has 1 heterocycles. The molecule has 9 heteroatoms. The highest BCUT2D eigenvalue weighted by atomic mass is 19.4. The molecule has 0 amide bonds. The number of aromatic nitrogens is 2. The SMILES string of the molecule is C=C(/C=C(/C)c1cc(OC)cc(C(F)(F)F)c1C)c1nnc(NCCCO)o1. The molecule has 0 atom stereocenters. The molecule has 2 N–H and O–H groups in total. The Morgan fingerprint density at radius 3 is 2.68 bits per heavy atom. The minimum absolute atomic E-state index is 0.0302. The third kappa shape index (κ3) is 5.13. The van der Waals surface area contributed by atoms with Crippen molar-refractivity contribution in [2.75, 3.05) is 25.6 Å². The van der Waals surface area contributed by atoms with Gasteiger partial charge >= 0.3 is 12.2 Å².